The van der Waals surface area contributed by atoms with Crippen LogP contribution in [0.3, 0.4) is 0 Å². The fourth-order valence-corrected chi connectivity index (χ4v) is 1.43. The molecule has 2 aromatic rings. The third-order valence-electron chi connectivity index (χ3n) is 2.42. The van der Waals surface area contributed by atoms with E-state index in [4.69, 9.17) is 0 Å². The predicted molar refractivity (Wildman–Crippen MR) is 69.3 cm³/mol. The maximum atomic E-state index is 10.5. The molecule has 2 rings (SSSR count). The van der Waals surface area contributed by atoms with Crippen molar-refractivity contribution in [2.45, 2.75) is 6.92 Å². The van der Waals surface area contributed by atoms with Crippen molar-refractivity contribution >= 4 is 17.7 Å². The summed E-state index contributed by atoms with van der Waals surface area (Å²) in [5, 5.41) is 10.5. The van der Waals surface area contributed by atoms with E-state index in [-0.39, 0.29) is 5.69 Å². The molecule has 1 aromatic carbocycles. The number of rotatable bonds is 3. The van der Waals surface area contributed by atoms with Crippen LogP contribution in [0.25, 0.3) is 0 Å². The monoisotopic (exact) mass is 241 g/mol. The van der Waals surface area contributed by atoms with Crippen molar-refractivity contribution in [1.82, 2.24) is 4.98 Å². The first-order chi connectivity index (χ1) is 8.66. The lowest BCUT2D eigenvalue weighted by molar-refractivity contribution is -0.384. The van der Waals surface area contributed by atoms with E-state index < -0.39 is 4.92 Å². The van der Waals surface area contributed by atoms with Crippen LogP contribution < -0.4 is 0 Å². The second-order valence-electron chi connectivity index (χ2n) is 3.75. The number of nitro groups is 1. The number of nitro benzene ring substituents is 1. The summed E-state index contributed by atoms with van der Waals surface area (Å²) >= 11 is 0. The fourth-order valence-electron chi connectivity index (χ4n) is 1.43. The number of hydrogen-bond donors (Lipinski definition) is 0. The zero-order chi connectivity index (χ0) is 13.0. The first kappa shape index (κ1) is 11.9. The highest BCUT2D eigenvalue weighted by atomic mass is 16.6. The van der Waals surface area contributed by atoms with Gasteiger partial charge in [-0.2, -0.15) is 0 Å². The SMILES string of the molecule is Cc1cccnc1/N=C/c1ccc([N+](=O)[O-])cc1. The fraction of sp³-hybridized carbons (Fsp3) is 0.0769. The van der Waals surface area contributed by atoms with E-state index in [0.29, 0.717) is 5.82 Å². The Hall–Kier alpha value is -2.56. The molecular formula is C13H11N3O2. The average molecular weight is 241 g/mol. The molecule has 0 unspecified atom stereocenters. The van der Waals surface area contributed by atoms with Crippen LogP contribution in [0.15, 0.2) is 47.6 Å². The van der Waals surface area contributed by atoms with Crippen molar-refractivity contribution in [1.29, 1.82) is 0 Å². The van der Waals surface area contributed by atoms with Gasteiger partial charge in [0.1, 0.15) is 0 Å². The Labute approximate surface area is 104 Å². The highest BCUT2D eigenvalue weighted by molar-refractivity contribution is 5.82. The molecule has 5 nitrogen and oxygen atoms in total. The van der Waals surface area contributed by atoms with Gasteiger partial charge in [-0.3, -0.25) is 10.1 Å². The van der Waals surface area contributed by atoms with Crippen molar-refractivity contribution < 1.29 is 4.92 Å². The second-order valence-corrected chi connectivity index (χ2v) is 3.75. The molecule has 0 saturated carbocycles. The van der Waals surface area contributed by atoms with Gasteiger partial charge in [-0.15, -0.1) is 0 Å². The van der Waals surface area contributed by atoms with Gasteiger partial charge in [-0.25, -0.2) is 9.98 Å². The number of hydrogen-bond acceptors (Lipinski definition) is 4. The molecule has 90 valence electrons. The van der Waals surface area contributed by atoms with Crippen LogP contribution in [0.4, 0.5) is 11.5 Å². The van der Waals surface area contributed by atoms with Gasteiger partial charge in [0.15, 0.2) is 5.82 Å². The number of aromatic nitrogens is 1. The van der Waals surface area contributed by atoms with Crippen molar-refractivity contribution in [3.05, 3.63) is 63.8 Å². The zero-order valence-electron chi connectivity index (χ0n) is 9.78. The molecule has 0 N–H and O–H groups in total. The zero-order valence-corrected chi connectivity index (χ0v) is 9.78. The van der Waals surface area contributed by atoms with Crippen molar-refractivity contribution in [2.24, 2.45) is 4.99 Å². The van der Waals surface area contributed by atoms with E-state index >= 15 is 0 Å². The number of pyridine rings is 1. The summed E-state index contributed by atoms with van der Waals surface area (Å²) in [6.07, 6.45) is 3.31. The molecule has 0 amide bonds. The molecule has 18 heavy (non-hydrogen) atoms. The van der Waals surface area contributed by atoms with E-state index in [1.165, 1.54) is 12.1 Å². The normalized spacial score (nSPS) is 10.7. The van der Waals surface area contributed by atoms with Gasteiger partial charge in [-0.05, 0) is 36.2 Å². The number of benzene rings is 1. The van der Waals surface area contributed by atoms with E-state index in [9.17, 15) is 10.1 Å². The highest BCUT2D eigenvalue weighted by Gasteiger charge is 2.02. The topological polar surface area (TPSA) is 68.4 Å². The summed E-state index contributed by atoms with van der Waals surface area (Å²) in [5.41, 5.74) is 1.85. The molecule has 1 heterocycles. The van der Waals surface area contributed by atoms with Gasteiger partial charge >= 0.3 is 0 Å². The molecule has 0 saturated heterocycles. The molecular weight excluding hydrogens is 230 g/mol. The Morgan fingerprint density at radius 1 is 1.28 bits per heavy atom. The van der Waals surface area contributed by atoms with Crippen LogP contribution in [0.5, 0.6) is 0 Å². The lowest BCUT2D eigenvalue weighted by Crippen LogP contribution is -1.88. The summed E-state index contributed by atoms with van der Waals surface area (Å²) in [6, 6.07) is 9.98. The molecule has 0 aliphatic rings. The Kier molecular flexibility index (Phi) is 3.43. The first-order valence-corrected chi connectivity index (χ1v) is 5.37. The van der Waals surface area contributed by atoms with Crippen molar-refractivity contribution in [2.75, 3.05) is 0 Å². The average Bonchev–Trinajstić information content (AvgIpc) is 2.38. The van der Waals surface area contributed by atoms with Gasteiger partial charge < -0.3 is 0 Å². The number of non-ortho nitro benzene ring substituents is 1. The minimum absolute atomic E-state index is 0.0705. The quantitative estimate of drug-likeness (QED) is 0.471. The van der Waals surface area contributed by atoms with E-state index in [1.807, 2.05) is 19.1 Å². The first-order valence-electron chi connectivity index (χ1n) is 5.37. The van der Waals surface area contributed by atoms with Crippen LogP contribution in [0.1, 0.15) is 11.1 Å². The molecule has 0 fully saturated rings. The molecule has 0 spiro atoms. The van der Waals surface area contributed by atoms with Crippen molar-refractivity contribution in [3.8, 4) is 0 Å². The summed E-state index contributed by atoms with van der Waals surface area (Å²) in [5.74, 6) is 0.649. The van der Waals surface area contributed by atoms with Gasteiger partial charge in [0.05, 0.1) is 4.92 Å². The third kappa shape index (κ3) is 2.76. The number of nitrogens with zero attached hydrogens (tertiary/aromatic N) is 3. The largest absolute Gasteiger partial charge is 0.269 e. The van der Waals surface area contributed by atoms with E-state index in [2.05, 4.69) is 9.98 Å². The molecule has 0 aliphatic carbocycles. The molecule has 1 aromatic heterocycles. The smallest absolute Gasteiger partial charge is 0.258 e. The maximum absolute atomic E-state index is 10.5. The Morgan fingerprint density at radius 3 is 2.61 bits per heavy atom. The second kappa shape index (κ2) is 5.18. The van der Waals surface area contributed by atoms with Crippen LogP contribution in [0, 0.1) is 17.0 Å². The number of aryl methyl sites for hydroxylation is 1. The summed E-state index contributed by atoms with van der Waals surface area (Å²) in [4.78, 5) is 18.4. The summed E-state index contributed by atoms with van der Waals surface area (Å²) < 4.78 is 0. The molecule has 0 bridgehead atoms. The summed E-state index contributed by atoms with van der Waals surface area (Å²) in [6.45, 7) is 1.93. The van der Waals surface area contributed by atoms with Gasteiger partial charge in [0, 0.05) is 24.5 Å². The predicted octanol–water partition coefficient (Wildman–Crippen LogP) is 3.05. The minimum Gasteiger partial charge on any atom is -0.258 e. The van der Waals surface area contributed by atoms with Crippen LogP contribution in [-0.2, 0) is 0 Å². The van der Waals surface area contributed by atoms with Gasteiger partial charge in [0.2, 0.25) is 0 Å². The molecule has 5 heteroatoms. The Balaban J connectivity index is 2.19. The van der Waals surface area contributed by atoms with Crippen LogP contribution in [-0.4, -0.2) is 16.1 Å². The Bertz CT molecular complexity index is 591. The van der Waals surface area contributed by atoms with E-state index in [0.717, 1.165) is 11.1 Å². The number of aliphatic imine (C=N–C) groups is 1. The van der Waals surface area contributed by atoms with Gasteiger partial charge in [0.25, 0.3) is 5.69 Å². The molecule has 0 atom stereocenters. The van der Waals surface area contributed by atoms with E-state index in [1.54, 1.807) is 24.5 Å². The van der Waals surface area contributed by atoms with Crippen LogP contribution >= 0.6 is 0 Å². The lowest BCUT2D eigenvalue weighted by atomic mass is 10.2. The third-order valence-corrected chi connectivity index (χ3v) is 2.42. The Morgan fingerprint density at radius 2 is 2.00 bits per heavy atom. The van der Waals surface area contributed by atoms with Crippen LogP contribution in [0.2, 0.25) is 0 Å². The van der Waals surface area contributed by atoms with Gasteiger partial charge in [-0.1, -0.05) is 6.07 Å². The molecule has 0 radical (unpaired) electrons. The maximum Gasteiger partial charge on any atom is 0.269 e. The highest BCUT2D eigenvalue weighted by Crippen LogP contribution is 2.14. The van der Waals surface area contributed by atoms with Crippen molar-refractivity contribution in [3.63, 3.8) is 0 Å². The minimum atomic E-state index is -0.427. The lowest BCUT2D eigenvalue weighted by Gasteiger charge is -1.97. The standard InChI is InChI=1S/C13H11N3O2/c1-10-3-2-8-14-13(10)15-9-11-4-6-12(7-5-11)16(17)18/h2-9H,1H3/b15-9+. The summed E-state index contributed by atoms with van der Waals surface area (Å²) in [7, 11) is 0. The molecule has 0 aliphatic heterocycles.